The lowest BCUT2D eigenvalue weighted by molar-refractivity contribution is 0.143. The fourth-order valence-electron chi connectivity index (χ4n) is 2.24. The van der Waals surface area contributed by atoms with Crippen LogP contribution in [0.5, 0.6) is 0 Å². The molecule has 1 saturated heterocycles. The first-order valence-corrected chi connectivity index (χ1v) is 7.37. The van der Waals surface area contributed by atoms with Gasteiger partial charge in [0.1, 0.15) is 0 Å². The van der Waals surface area contributed by atoms with Crippen LogP contribution in [0.2, 0.25) is 0 Å². The number of aliphatic hydroxyl groups excluding tert-OH is 1. The lowest BCUT2D eigenvalue weighted by Crippen LogP contribution is -2.37. The summed E-state index contributed by atoms with van der Waals surface area (Å²) in [5, 5.41) is 10.8. The molecule has 1 aromatic carbocycles. The minimum atomic E-state index is -0.318. The van der Waals surface area contributed by atoms with Gasteiger partial charge in [0.15, 0.2) is 0 Å². The van der Waals surface area contributed by atoms with Crippen LogP contribution < -0.4 is 0 Å². The van der Waals surface area contributed by atoms with E-state index in [2.05, 4.69) is 11.8 Å². The zero-order valence-corrected chi connectivity index (χ0v) is 11.2. The first-order valence-electron chi connectivity index (χ1n) is 6.32. The van der Waals surface area contributed by atoms with Gasteiger partial charge in [0.05, 0.1) is 6.10 Å². The van der Waals surface area contributed by atoms with E-state index in [0.717, 1.165) is 36.9 Å². The van der Waals surface area contributed by atoms with Crippen LogP contribution in [0, 0.1) is 0 Å². The highest BCUT2D eigenvalue weighted by molar-refractivity contribution is 7.99. The molecular weight excluding hydrogens is 230 g/mol. The van der Waals surface area contributed by atoms with E-state index in [9.17, 15) is 5.11 Å². The molecule has 0 aliphatic carbocycles. The van der Waals surface area contributed by atoms with Gasteiger partial charge in [-0.15, -0.1) is 0 Å². The van der Waals surface area contributed by atoms with Crippen molar-refractivity contribution in [2.45, 2.75) is 24.7 Å². The second kappa shape index (κ2) is 6.43. The summed E-state index contributed by atoms with van der Waals surface area (Å²) in [5.74, 6) is 1.22. The van der Waals surface area contributed by atoms with Gasteiger partial charge in [0, 0.05) is 30.6 Å². The smallest absolute Gasteiger partial charge is 0.0802 e. The summed E-state index contributed by atoms with van der Waals surface area (Å²) in [5.41, 5.74) is 1.03. The topological polar surface area (TPSA) is 23.5 Å². The third-order valence-corrected chi connectivity index (χ3v) is 4.36. The van der Waals surface area contributed by atoms with Crippen LogP contribution in [-0.4, -0.2) is 40.6 Å². The molecule has 17 heavy (non-hydrogen) atoms. The van der Waals surface area contributed by atoms with Gasteiger partial charge in [-0.25, -0.2) is 0 Å². The molecule has 2 rings (SSSR count). The van der Waals surface area contributed by atoms with Crippen LogP contribution in [0.4, 0.5) is 0 Å². The predicted molar refractivity (Wildman–Crippen MR) is 74.4 cm³/mol. The second-order valence-electron chi connectivity index (χ2n) is 4.70. The Morgan fingerprint density at radius 1 is 1.41 bits per heavy atom. The molecule has 0 radical (unpaired) electrons. The molecule has 1 aromatic rings. The van der Waals surface area contributed by atoms with Crippen molar-refractivity contribution < 1.29 is 5.11 Å². The molecule has 2 nitrogen and oxygen atoms in total. The highest BCUT2D eigenvalue weighted by Gasteiger charge is 2.17. The zero-order chi connectivity index (χ0) is 12.1. The van der Waals surface area contributed by atoms with Crippen LogP contribution in [0.3, 0.4) is 0 Å². The first kappa shape index (κ1) is 12.9. The van der Waals surface area contributed by atoms with Gasteiger partial charge in [0.2, 0.25) is 0 Å². The van der Waals surface area contributed by atoms with E-state index in [4.69, 9.17) is 0 Å². The Labute approximate surface area is 108 Å². The minimum Gasteiger partial charge on any atom is -0.388 e. The maximum atomic E-state index is 10.1. The Morgan fingerprint density at radius 3 is 2.88 bits per heavy atom. The summed E-state index contributed by atoms with van der Waals surface area (Å²) in [6.07, 6.45) is 0.516. The average Bonchev–Trinajstić information content (AvgIpc) is 2.37. The Hall–Kier alpha value is -0.510. The number of aliphatic hydroxyl groups is 1. The normalized spacial score (nSPS) is 23.5. The van der Waals surface area contributed by atoms with Gasteiger partial charge < -0.3 is 10.0 Å². The second-order valence-corrected chi connectivity index (χ2v) is 6.24. The molecule has 0 bridgehead atoms. The molecule has 1 aliphatic heterocycles. The summed E-state index contributed by atoms with van der Waals surface area (Å²) >= 11 is 2.05. The summed E-state index contributed by atoms with van der Waals surface area (Å²) in [7, 11) is 0. The quantitative estimate of drug-likeness (QED) is 0.889. The number of rotatable bonds is 4. The van der Waals surface area contributed by atoms with E-state index < -0.39 is 0 Å². The standard InChI is InChI=1S/C14H21NOS/c1-12-11-15(9-10-17-12)8-7-14(16)13-5-3-2-4-6-13/h2-6,12,14,16H,7-11H2,1H3/t12?,14-/m1/s1. The Balaban J connectivity index is 1.78. The van der Waals surface area contributed by atoms with E-state index >= 15 is 0 Å². The van der Waals surface area contributed by atoms with Crippen molar-refractivity contribution in [2.24, 2.45) is 0 Å². The van der Waals surface area contributed by atoms with Crippen molar-refractivity contribution >= 4 is 11.8 Å². The maximum absolute atomic E-state index is 10.1. The molecular formula is C14H21NOS. The van der Waals surface area contributed by atoms with E-state index in [-0.39, 0.29) is 6.10 Å². The monoisotopic (exact) mass is 251 g/mol. The van der Waals surface area contributed by atoms with Crippen LogP contribution >= 0.6 is 11.8 Å². The highest BCUT2D eigenvalue weighted by Crippen LogP contribution is 2.20. The lowest BCUT2D eigenvalue weighted by Gasteiger charge is -2.31. The Kier molecular flexibility index (Phi) is 4.89. The van der Waals surface area contributed by atoms with E-state index in [0.29, 0.717) is 0 Å². The lowest BCUT2D eigenvalue weighted by atomic mass is 10.1. The Morgan fingerprint density at radius 2 is 2.18 bits per heavy atom. The van der Waals surface area contributed by atoms with Crippen LogP contribution in [-0.2, 0) is 0 Å². The van der Waals surface area contributed by atoms with Gasteiger partial charge in [-0.2, -0.15) is 11.8 Å². The van der Waals surface area contributed by atoms with Crippen molar-refractivity contribution in [1.29, 1.82) is 0 Å². The molecule has 3 heteroatoms. The molecule has 0 saturated carbocycles. The van der Waals surface area contributed by atoms with Crippen LogP contribution in [0.25, 0.3) is 0 Å². The van der Waals surface area contributed by atoms with Crippen molar-refractivity contribution in [2.75, 3.05) is 25.4 Å². The van der Waals surface area contributed by atoms with Crippen molar-refractivity contribution in [3.05, 3.63) is 35.9 Å². The third kappa shape index (κ3) is 4.02. The summed E-state index contributed by atoms with van der Waals surface area (Å²) in [6.45, 7) is 5.61. The molecule has 1 aliphatic rings. The molecule has 0 spiro atoms. The molecule has 1 unspecified atom stereocenters. The number of hydrogen-bond donors (Lipinski definition) is 1. The molecule has 94 valence electrons. The van der Waals surface area contributed by atoms with Crippen LogP contribution in [0.1, 0.15) is 25.0 Å². The Bertz CT molecular complexity index is 330. The average molecular weight is 251 g/mol. The highest BCUT2D eigenvalue weighted by atomic mass is 32.2. The molecule has 1 N–H and O–H groups in total. The summed E-state index contributed by atoms with van der Waals surface area (Å²) < 4.78 is 0. The van der Waals surface area contributed by atoms with Crippen molar-refractivity contribution in [1.82, 2.24) is 4.90 Å². The van der Waals surface area contributed by atoms with E-state index in [1.54, 1.807) is 0 Å². The number of thioether (sulfide) groups is 1. The minimum absolute atomic E-state index is 0.318. The summed E-state index contributed by atoms with van der Waals surface area (Å²) in [6, 6.07) is 9.95. The van der Waals surface area contributed by atoms with Gasteiger partial charge in [0.25, 0.3) is 0 Å². The van der Waals surface area contributed by atoms with Crippen molar-refractivity contribution in [3.8, 4) is 0 Å². The zero-order valence-electron chi connectivity index (χ0n) is 10.4. The molecule has 0 aromatic heterocycles. The van der Waals surface area contributed by atoms with Gasteiger partial charge >= 0.3 is 0 Å². The third-order valence-electron chi connectivity index (χ3n) is 3.23. The van der Waals surface area contributed by atoms with Gasteiger partial charge in [-0.1, -0.05) is 37.3 Å². The maximum Gasteiger partial charge on any atom is 0.0802 e. The van der Waals surface area contributed by atoms with Crippen LogP contribution in [0.15, 0.2) is 30.3 Å². The van der Waals surface area contributed by atoms with E-state index in [1.807, 2.05) is 42.1 Å². The molecule has 1 fully saturated rings. The first-order chi connectivity index (χ1) is 8.25. The fourth-order valence-corrected chi connectivity index (χ4v) is 3.32. The van der Waals surface area contributed by atoms with E-state index in [1.165, 1.54) is 5.75 Å². The van der Waals surface area contributed by atoms with Crippen molar-refractivity contribution in [3.63, 3.8) is 0 Å². The SMILES string of the molecule is CC1CN(CC[C@@H](O)c2ccccc2)CCS1. The molecule has 0 amide bonds. The number of nitrogens with zero attached hydrogens (tertiary/aromatic N) is 1. The predicted octanol–water partition coefficient (Wildman–Crippen LogP) is 2.55. The molecule has 2 atom stereocenters. The number of hydrogen-bond acceptors (Lipinski definition) is 3. The van der Waals surface area contributed by atoms with Gasteiger partial charge in [-0.05, 0) is 12.0 Å². The molecule has 1 heterocycles. The number of benzene rings is 1. The fraction of sp³-hybridized carbons (Fsp3) is 0.571. The van der Waals surface area contributed by atoms with Gasteiger partial charge in [-0.3, -0.25) is 0 Å². The summed E-state index contributed by atoms with van der Waals surface area (Å²) in [4.78, 5) is 2.47. The largest absolute Gasteiger partial charge is 0.388 e.